The number of aliphatic hydroxyl groups excluding tert-OH is 1. The molecule has 3 N–H and O–H groups in total. The standard InChI is InChI=1S/C10H13N3O2/c1-10(15,7-14)6-12-9-4-2-3-8(5-11)13-9/h2-4,14-15H,6-7H2,1H3,(H,12,13). The van der Waals surface area contributed by atoms with Crippen molar-refractivity contribution in [1.82, 2.24) is 4.98 Å². The lowest BCUT2D eigenvalue weighted by Crippen LogP contribution is -2.37. The summed E-state index contributed by atoms with van der Waals surface area (Å²) in [6, 6.07) is 6.89. The van der Waals surface area contributed by atoms with Crippen molar-refractivity contribution in [2.75, 3.05) is 18.5 Å². The van der Waals surface area contributed by atoms with Crippen LogP contribution in [-0.4, -0.2) is 33.9 Å². The molecule has 0 saturated carbocycles. The minimum atomic E-state index is -1.19. The second kappa shape index (κ2) is 4.73. The molecule has 0 amide bonds. The number of rotatable bonds is 4. The van der Waals surface area contributed by atoms with Gasteiger partial charge in [0.1, 0.15) is 23.2 Å². The average molecular weight is 207 g/mol. The van der Waals surface area contributed by atoms with Crippen LogP contribution < -0.4 is 5.32 Å². The van der Waals surface area contributed by atoms with Gasteiger partial charge in [-0.25, -0.2) is 4.98 Å². The number of aromatic nitrogens is 1. The number of nitriles is 1. The van der Waals surface area contributed by atoms with Crippen LogP contribution in [0, 0.1) is 11.3 Å². The molecule has 1 unspecified atom stereocenters. The molecular weight excluding hydrogens is 194 g/mol. The quantitative estimate of drug-likeness (QED) is 0.652. The molecule has 0 aliphatic carbocycles. The first-order valence-corrected chi connectivity index (χ1v) is 4.52. The molecule has 0 aliphatic rings. The molecule has 5 heteroatoms. The van der Waals surface area contributed by atoms with Crippen molar-refractivity contribution in [3.8, 4) is 6.07 Å². The third-order valence-electron chi connectivity index (χ3n) is 1.85. The van der Waals surface area contributed by atoms with E-state index in [2.05, 4.69) is 10.3 Å². The van der Waals surface area contributed by atoms with E-state index in [9.17, 15) is 5.11 Å². The Hall–Kier alpha value is -1.64. The van der Waals surface area contributed by atoms with Crippen molar-refractivity contribution in [3.05, 3.63) is 23.9 Å². The van der Waals surface area contributed by atoms with Crippen LogP contribution in [0.3, 0.4) is 0 Å². The summed E-state index contributed by atoms with van der Waals surface area (Å²) in [6.07, 6.45) is 0. The first kappa shape index (κ1) is 11.4. The lowest BCUT2D eigenvalue weighted by atomic mass is 10.1. The van der Waals surface area contributed by atoms with Crippen molar-refractivity contribution < 1.29 is 10.2 Å². The number of aliphatic hydroxyl groups is 2. The molecule has 0 fully saturated rings. The van der Waals surface area contributed by atoms with Gasteiger partial charge in [-0.05, 0) is 19.1 Å². The average Bonchev–Trinajstić information content (AvgIpc) is 2.27. The molecule has 0 bridgehead atoms. The highest BCUT2D eigenvalue weighted by atomic mass is 16.3. The second-order valence-corrected chi connectivity index (χ2v) is 3.53. The summed E-state index contributed by atoms with van der Waals surface area (Å²) >= 11 is 0. The van der Waals surface area contributed by atoms with Gasteiger partial charge in [-0.3, -0.25) is 0 Å². The molecule has 1 heterocycles. The summed E-state index contributed by atoms with van der Waals surface area (Å²) in [4.78, 5) is 3.96. The van der Waals surface area contributed by atoms with E-state index >= 15 is 0 Å². The Kier molecular flexibility index (Phi) is 3.61. The van der Waals surface area contributed by atoms with E-state index < -0.39 is 5.60 Å². The molecule has 5 nitrogen and oxygen atoms in total. The van der Waals surface area contributed by atoms with E-state index in [1.165, 1.54) is 6.92 Å². The maximum atomic E-state index is 9.51. The summed E-state index contributed by atoms with van der Waals surface area (Å²) in [5, 5.41) is 29.8. The second-order valence-electron chi connectivity index (χ2n) is 3.53. The molecule has 0 aromatic carbocycles. The summed E-state index contributed by atoms with van der Waals surface area (Å²) in [6.45, 7) is 1.34. The van der Waals surface area contributed by atoms with Crippen molar-refractivity contribution in [2.24, 2.45) is 0 Å². The zero-order valence-corrected chi connectivity index (χ0v) is 8.44. The summed E-state index contributed by atoms with van der Waals surface area (Å²) in [5.41, 5.74) is -0.881. The largest absolute Gasteiger partial charge is 0.393 e. The number of hydrogen-bond donors (Lipinski definition) is 3. The topological polar surface area (TPSA) is 89.2 Å². The Morgan fingerprint density at radius 2 is 2.33 bits per heavy atom. The number of anilines is 1. The molecule has 1 aromatic rings. The third kappa shape index (κ3) is 3.54. The third-order valence-corrected chi connectivity index (χ3v) is 1.85. The number of nitrogens with zero attached hydrogens (tertiary/aromatic N) is 2. The zero-order chi connectivity index (χ0) is 11.3. The molecule has 0 saturated heterocycles. The van der Waals surface area contributed by atoms with E-state index in [4.69, 9.17) is 10.4 Å². The predicted octanol–water partition coefficient (Wildman–Crippen LogP) is 0.108. The monoisotopic (exact) mass is 207 g/mol. The highest BCUT2D eigenvalue weighted by Crippen LogP contribution is 2.07. The molecule has 1 aromatic heterocycles. The van der Waals surface area contributed by atoms with Gasteiger partial charge in [-0.2, -0.15) is 5.26 Å². The van der Waals surface area contributed by atoms with Gasteiger partial charge < -0.3 is 15.5 Å². The van der Waals surface area contributed by atoms with Gasteiger partial charge >= 0.3 is 0 Å². The van der Waals surface area contributed by atoms with Crippen molar-refractivity contribution in [1.29, 1.82) is 5.26 Å². The highest BCUT2D eigenvalue weighted by Gasteiger charge is 2.18. The van der Waals surface area contributed by atoms with Gasteiger partial charge in [0.05, 0.1) is 6.61 Å². The van der Waals surface area contributed by atoms with Crippen LogP contribution in [-0.2, 0) is 0 Å². The van der Waals surface area contributed by atoms with Crippen LogP contribution >= 0.6 is 0 Å². The molecular formula is C10H13N3O2. The van der Waals surface area contributed by atoms with E-state index in [1.54, 1.807) is 18.2 Å². The maximum absolute atomic E-state index is 9.51. The van der Waals surface area contributed by atoms with Gasteiger partial charge in [-0.1, -0.05) is 6.07 Å². The molecule has 1 atom stereocenters. The summed E-state index contributed by atoms with van der Waals surface area (Å²) in [7, 11) is 0. The van der Waals surface area contributed by atoms with Gasteiger partial charge in [0.15, 0.2) is 0 Å². The minimum absolute atomic E-state index is 0.172. The van der Waals surface area contributed by atoms with E-state index in [1.807, 2.05) is 6.07 Å². The Morgan fingerprint density at radius 3 is 2.93 bits per heavy atom. The zero-order valence-electron chi connectivity index (χ0n) is 8.44. The molecule has 0 spiro atoms. The highest BCUT2D eigenvalue weighted by molar-refractivity contribution is 5.38. The Bertz CT molecular complexity index is 371. The van der Waals surface area contributed by atoms with Gasteiger partial charge in [0.2, 0.25) is 0 Å². The molecule has 15 heavy (non-hydrogen) atoms. The van der Waals surface area contributed by atoms with Crippen LogP contribution in [0.15, 0.2) is 18.2 Å². The Balaban J connectivity index is 2.62. The molecule has 1 rings (SSSR count). The van der Waals surface area contributed by atoms with E-state index in [0.29, 0.717) is 11.5 Å². The van der Waals surface area contributed by atoms with Crippen LogP contribution in [0.25, 0.3) is 0 Å². The van der Waals surface area contributed by atoms with E-state index in [0.717, 1.165) is 0 Å². The van der Waals surface area contributed by atoms with Crippen molar-refractivity contribution in [2.45, 2.75) is 12.5 Å². The summed E-state index contributed by atoms with van der Waals surface area (Å²) in [5.74, 6) is 0.503. The normalized spacial score (nSPS) is 14.0. The van der Waals surface area contributed by atoms with Gasteiger partial charge in [0, 0.05) is 6.54 Å². The summed E-state index contributed by atoms with van der Waals surface area (Å²) < 4.78 is 0. The van der Waals surface area contributed by atoms with Crippen LogP contribution in [0.4, 0.5) is 5.82 Å². The fourth-order valence-corrected chi connectivity index (χ4v) is 0.932. The molecule has 80 valence electrons. The number of nitrogens with one attached hydrogen (secondary N) is 1. The van der Waals surface area contributed by atoms with Gasteiger partial charge in [0.25, 0.3) is 0 Å². The fourth-order valence-electron chi connectivity index (χ4n) is 0.932. The Morgan fingerprint density at radius 1 is 1.60 bits per heavy atom. The van der Waals surface area contributed by atoms with Gasteiger partial charge in [-0.15, -0.1) is 0 Å². The van der Waals surface area contributed by atoms with Crippen molar-refractivity contribution in [3.63, 3.8) is 0 Å². The number of hydrogen-bond acceptors (Lipinski definition) is 5. The van der Waals surface area contributed by atoms with Crippen LogP contribution in [0.5, 0.6) is 0 Å². The maximum Gasteiger partial charge on any atom is 0.142 e. The molecule has 0 aliphatic heterocycles. The molecule has 0 radical (unpaired) electrons. The smallest absolute Gasteiger partial charge is 0.142 e. The van der Waals surface area contributed by atoms with Crippen LogP contribution in [0.2, 0.25) is 0 Å². The fraction of sp³-hybridized carbons (Fsp3) is 0.400. The lowest BCUT2D eigenvalue weighted by molar-refractivity contribution is 0.0132. The first-order chi connectivity index (χ1) is 7.07. The predicted molar refractivity (Wildman–Crippen MR) is 55.2 cm³/mol. The first-order valence-electron chi connectivity index (χ1n) is 4.52. The van der Waals surface area contributed by atoms with E-state index in [-0.39, 0.29) is 13.2 Å². The van der Waals surface area contributed by atoms with Crippen molar-refractivity contribution >= 4 is 5.82 Å². The number of pyridine rings is 1. The SMILES string of the molecule is CC(O)(CO)CNc1cccc(C#N)n1. The lowest BCUT2D eigenvalue weighted by Gasteiger charge is -2.20. The van der Waals surface area contributed by atoms with Crippen LogP contribution in [0.1, 0.15) is 12.6 Å². The Labute approximate surface area is 88.0 Å². The minimum Gasteiger partial charge on any atom is -0.393 e.